The summed E-state index contributed by atoms with van der Waals surface area (Å²) in [6.45, 7) is 1.23. The molecule has 0 aliphatic carbocycles. The van der Waals surface area contributed by atoms with Crippen LogP contribution in [0.5, 0.6) is 0 Å². The maximum absolute atomic E-state index is 11.1. The second kappa shape index (κ2) is 5.35. The monoisotopic (exact) mass is 268 g/mol. The van der Waals surface area contributed by atoms with Gasteiger partial charge in [0.2, 0.25) is 0 Å². The van der Waals surface area contributed by atoms with Crippen molar-refractivity contribution in [3.63, 3.8) is 0 Å². The van der Waals surface area contributed by atoms with Gasteiger partial charge in [-0.25, -0.2) is 0 Å². The number of hydrogen-bond donors (Lipinski definition) is 0. The number of halogens is 1. The third-order valence-electron chi connectivity index (χ3n) is 3.14. The van der Waals surface area contributed by atoms with Crippen molar-refractivity contribution < 1.29 is 9.72 Å². The van der Waals surface area contributed by atoms with E-state index in [1.165, 1.54) is 6.07 Å². The van der Waals surface area contributed by atoms with Crippen molar-refractivity contribution in [2.24, 2.45) is 5.92 Å². The summed E-state index contributed by atoms with van der Waals surface area (Å²) in [6.07, 6.45) is 2.62. The standard InChI is InChI=1S/C12H13ClN2O3/c13-10-4-1-5-11(12(10)15(17)18)14-6-2-3-9(7-14)8-16/h1,4-5,8-9H,2-3,6-7H2. The molecule has 0 aromatic heterocycles. The SMILES string of the molecule is O=CC1CCCN(c2cccc(Cl)c2[N+](=O)[O-])C1. The Morgan fingerprint density at radius 2 is 2.28 bits per heavy atom. The van der Waals surface area contributed by atoms with E-state index in [9.17, 15) is 14.9 Å². The average Bonchev–Trinajstić information content (AvgIpc) is 2.38. The van der Waals surface area contributed by atoms with Gasteiger partial charge in [-0.3, -0.25) is 10.1 Å². The van der Waals surface area contributed by atoms with Gasteiger partial charge in [-0.05, 0) is 25.0 Å². The maximum Gasteiger partial charge on any atom is 0.310 e. The Labute approximate surface area is 109 Å². The lowest BCUT2D eigenvalue weighted by Crippen LogP contribution is -2.36. The average molecular weight is 269 g/mol. The number of piperidine rings is 1. The molecule has 2 rings (SSSR count). The fourth-order valence-corrected chi connectivity index (χ4v) is 2.52. The normalized spacial score (nSPS) is 19.6. The van der Waals surface area contributed by atoms with Crippen molar-refractivity contribution in [1.82, 2.24) is 0 Å². The van der Waals surface area contributed by atoms with Gasteiger partial charge in [0.15, 0.2) is 0 Å². The summed E-state index contributed by atoms with van der Waals surface area (Å²) in [5.41, 5.74) is 0.421. The highest BCUT2D eigenvalue weighted by atomic mass is 35.5. The molecule has 0 amide bonds. The van der Waals surface area contributed by atoms with Gasteiger partial charge < -0.3 is 9.69 Å². The number of nitrogens with zero attached hydrogens (tertiary/aromatic N) is 2. The number of benzene rings is 1. The highest BCUT2D eigenvalue weighted by Gasteiger charge is 2.27. The van der Waals surface area contributed by atoms with Crippen LogP contribution in [0.4, 0.5) is 11.4 Å². The summed E-state index contributed by atoms with van der Waals surface area (Å²) in [6, 6.07) is 4.87. The molecule has 1 unspecified atom stereocenters. The smallest absolute Gasteiger partial charge is 0.310 e. The molecular formula is C12H13ClN2O3. The van der Waals surface area contributed by atoms with E-state index in [4.69, 9.17) is 11.6 Å². The van der Waals surface area contributed by atoms with Crippen LogP contribution in [0.3, 0.4) is 0 Å². The Hall–Kier alpha value is -1.62. The molecule has 1 aliphatic rings. The molecule has 1 aromatic carbocycles. The number of rotatable bonds is 3. The topological polar surface area (TPSA) is 63.5 Å². The summed E-state index contributed by atoms with van der Waals surface area (Å²) in [5, 5.41) is 11.2. The molecule has 1 aliphatic heterocycles. The number of nitro benzene ring substituents is 1. The van der Waals surface area contributed by atoms with E-state index in [1.54, 1.807) is 12.1 Å². The third kappa shape index (κ3) is 2.46. The van der Waals surface area contributed by atoms with Crippen molar-refractivity contribution >= 4 is 29.3 Å². The molecule has 6 heteroatoms. The molecule has 0 radical (unpaired) electrons. The molecular weight excluding hydrogens is 256 g/mol. The number of aldehydes is 1. The zero-order valence-electron chi connectivity index (χ0n) is 9.71. The molecule has 1 atom stereocenters. The fraction of sp³-hybridized carbons (Fsp3) is 0.417. The molecule has 0 N–H and O–H groups in total. The van der Waals surface area contributed by atoms with Crippen molar-refractivity contribution in [2.75, 3.05) is 18.0 Å². The van der Waals surface area contributed by atoms with Gasteiger partial charge in [-0.2, -0.15) is 0 Å². The largest absolute Gasteiger partial charge is 0.365 e. The second-order valence-corrected chi connectivity index (χ2v) is 4.76. The Kier molecular flexibility index (Phi) is 3.81. The first-order valence-electron chi connectivity index (χ1n) is 5.76. The van der Waals surface area contributed by atoms with Crippen LogP contribution in [0, 0.1) is 16.0 Å². The van der Waals surface area contributed by atoms with Crippen LogP contribution in [0.15, 0.2) is 18.2 Å². The summed E-state index contributed by atoms with van der Waals surface area (Å²) < 4.78 is 0. The van der Waals surface area contributed by atoms with E-state index >= 15 is 0 Å². The van der Waals surface area contributed by atoms with Crippen LogP contribution in [-0.2, 0) is 4.79 Å². The number of carbonyl (C=O) groups is 1. The number of anilines is 1. The molecule has 1 fully saturated rings. The minimum atomic E-state index is -0.470. The fourth-order valence-electron chi connectivity index (χ4n) is 2.28. The van der Waals surface area contributed by atoms with Crippen LogP contribution in [-0.4, -0.2) is 24.3 Å². The highest BCUT2D eigenvalue weighted by Crippen LogP contribution is 2.36. The molecule has 1 heterocycles. The molecule has 0 bridgehead atoms. The highest BCUT2D eigenvalue weighted by molar-refractivity contribution is 6.33. The third-order valence-corrected chi connectivity index (χ3v) is 3.44. The lowest BCUT2D eigenvalue weighted by molar-refractivity contribution is -0.384. The zero-order valence-corrected chi connectivity index (χ0v) is 10.5. The quantitative estimate of drug-likeness (QED) is 0.480. The first-order valence-corrected chi connectivity index (χ1v) is 6.14. The predicted molar refractivity (Wildman–Crippen MR) is 69.1 cm³/mol. The lowest BCUT2D eigenvalue weighted by atomic mass is 9.99. The summed E-state index contributed by atoms with van der Waals surface area (Å²) in [5.74, 6) is -0.0580. The lowest BCUT2D eigenvalue weighted by Gasteiger charge is -2.31. The Morgan fingerprint density at radius 1 is 1.50 bits per heavy atom. The Balaban J connectivity index is 2.35. The van der Waals surface area contributed by atoms with Gasteiger partial charge in [-0.1, -0.05) is 17.7 Å². The number of hydrogen-bond acceptors (Lipinski definition) is 4. The van der Waals surface area contributed by atoms with Gasteiger partial charge in [0.05, 0.1) is 4.92 Å². The van der Waals surface area contributed by atoms with Gasteiger partial charge in [0.1, 0.15) is 17.0 Å². The summed E-state index contributed by atoms with van der Waals surface area (Å²) in [7, 11) is 0. The van der Waals surface area contributed by atoms with E-state index in [2.05, 4.69) is 0 Å². The van der Waals surface area contributed by atoms with Crippen molar-refractivity contribution in [3.05, 3.63) is 33.3 Å². The molecule has 1 aromatic rings. The van der Waals surface area contributed by atoms with E-state index in [1.807, 2.05) is 4.90 Å². The van der Waals surface area contributed by atoms with Crippen molar-refractivity contribution in [2.45, 2.75) is 12.8 Å². The van der Waals surface area contributed by atoms with Gasteiger partial charge in [0.25, 0.3) is 0 Å². The molecule has 1 saturated heterocycles. The van der Waals surface area contributed by atoms with E-state index in [-0.39, 0.29) is 16.6 Å². The van der Waals surface area contributed by atoms with Crippen LogP contribution < -0.4 is 4.90 Å². The molecule has 0 spiro atoms. The zero-order chi connectivity index (χ0) is 13.1. The van der Waals surface area contributed by atoms with Crippen LogP contribution in [0.25, 0.3) is 0 Å². The minimum absolute atomic E-state index is 0.0580. The van der Waals surface area contributed by atoms with Gasteiger partial charge in [0, 0.05) is 19.0 Å². The predicted octanol–water partition coefficient (Wildman–Crippen LogP) is 2.66. The van der Waals surface area contributed by atoms with Crippen LogP contribution in [0.1, 0.15) is 12.8 Å². The summed E-state index contributed by atoms with van der Waals surface area (Å²) >= 11 is 5.88. The van der Waals surface area contributed by atoms with Crippen molar-refractivity contribution in [3.8, 4) is 0 Å². The molecule has 96 valence electrons. The van der Waals surface area contributed by atoms with E-state index in [0.29, 0.717) is 18.8 Å². The maximum atomic E-state index is 11.1. The summed E-state index contributed by atoms with van der Waals surface area (Å²) in [4.78, 5) is 23.3. The number of nitro groups is 1. The first-order chi connectivity index (χ1) is 8.63. The van der Waals surface area contributed by atoms with Gasteiger partial charge >= 0.3 is 5.69 Å². The number of para-hydroxylation sites is 1. The second-order valence-electron chi connectivity index (χ2n) is 4.35. The van der Waals surface area contributed by atoms with Crippen LogP contribution >= 0.6 is 11.6 Å². The van der Waals surface area contributed by atoms with E-state index < -0.39 is 4.92 Å². The molecule has 18 heavy (non-hydrogen) atoms. The van der Waals surface area contributed by atoms with Gasteiger partial charge in [-0.15, -0.1) is 0 Å². The minimum Gasteiger partial charge on any atom is -0.365 e. The van der Waals surface area contributed by atoms with Crippen LogP contribution in [0.2, 0.25) is 5.02 Å². The Morgan fingerprint density at radius 3 is 2.94 bits per heavy atom. The number of carbonyl (C=O) groups excluding carboxylic acids is 1. The van der Waals surface area contributed by atoms with E-state index in [0.717, 1.165) is 19.1 Å². The Bertz CT molecular complexity index is 478. The molecule has 5 nitrogen and oxygen atoms in total. The molecule has 0 saturated carbocycles. The first kappa shape index (κ1) is 12.8. The van der Waals surface area contributed by atoms with Crippen molar-refractivity contribution in [1.29, 1.82) is 0 Å².